The Hall–Kier alpha value is -2.94. The summed E-state index contributed by atoms with van der Waals surface area (Å²) in [7, 11) is 0. The first-order valence-electron chi connectivity index (χ1n) is 9.90. The summed E-state index contributed by atoms with van der Waals surface area (Å²) in [5.41, 5.74) is 1.39. The second-order valence-electron chi connectivity index (χ2n) is 7.06. The lowest BCUT2D eigenvalue weighted by molar-refractivity contribution is 0.250. The highest BCUT2D eigenvalue weighted by Crippen LogP contribution is 2.28. The van der Waals surface area contributed by atoms with Crippen LogP contribution in [-0.4, -0.2) is 39.8 Å². The lowest BCUT2D eigenvalue weighted by Gasteiger charge is -2.35. The van der Waals surface area contributed by atoms with Gasteiger partial charge in [-0.3, -0.25) is 4.79 Å². The second kappa shape index (κ2) is 8.60. The highest BCUT2D eigenvalue weighted by atomic mass is 32.1. The first kappa shape index (κ1) is 19.4. The molecule has 1 unspecified atom stereocenters. The standard InChI is InChI=1S/C20H24N6O2S/c1-2-14-12-17(27)26-19(23-14)29-20(24-26)25-11-7-6-10-16(25)13-21-18(28)22-15-8-4-3-5-9-15/h3-5,8-9,12,16H,2,6-7,10-11,13H2,1H3,(H2,21,22,28). The first-order chi connectivity index (χ1) is 14.1. The number of nitrogens with one attached hydrogen (secondary N) is 2. The van der Waals surface area contributed by atoms with Gasteiger partial charge in [-0.15, -0.1) is 5.10 Å². The predicted molar refractivity (Wildman–Crippen MR) is 115 cm³/mol. The molecule has 1 saturated heterocycles. The molecule has 9 heteroatoms. The number of hydrogen-bond acceptors (Lipinski definition) is 6. The average Bonchev–Trinajstić information content (AvgIpc) is 3.18. The second-order valence-corrected chi connectivity index (χ2v) is 8.00. The monoisotopic (exact) mass is 412 g/mol. The van der Waals surface area contributed by atoms with Gasteiger partial charge in [-0.25, -0.2) is 9.78 Å². The van der Waals surface area contributed by atoms with E-state index < -0.39 is 0 Å². The quantitative estimate of drug-likeness (QED) is 0.672. The summed E-state index contributed by atoms with van der Waals surface area (Å²) in [6, 6.07) is 10.8. The van der Waals surface area contributed by atoms with E-state index >= 15 is 0 Å². The number of amides is 2. The Morgan fingerprint density at radius 2 is 2.10 bits per heavy atom. The molecule has 2 aromatic heterocycles. The molecule has 8 nitrogen and oxygen atoms in total. The topological polar surface area (TPSA) is 91.6 Å². The number of urea groups is 1. The molecule has 1 aromatic carbocycles. The van der Waals surface area contributed by atoms with Gasteiger partial charge in [0.05, 0.1) is 0 Å². The molecule has 2 amide bonds. The summed E-state index contributed by atoms with van der Waals surface area (Å²) in [6.07, 6.45) is 3.84. The van der Waals surface area contributed by atoms with Crippen LogP contribution in [0.2, 0.25) is 0 Å². The number of carbonyl (C=O) groups is 1. The first-order valence-corrected chi connectivity index (χ1v) is 10.7. The van der Waals surface area contributed by atoms with E-state index in [1.807, 2.05) is 37.3 Å². The maximum Gasteiger partial charge on any atom is 0.319 e. The summed E-state index contributed by atoms with van der Waals surface area (Å²) < 4.78 is 1.38. The Kier molecular flexibility index (Phi) is 5.75. The number of hydrogen-bond donors (Lipinski definition) is 2. The van der Waals surface area contributed by atoms with E-state index in [1.165, 1.54) is 15.9 Å². The fourth-order valence-electron chi connectivity index (χ4n) is 3.52. The minimum absolute atomic E-state index is 0.132. The number of fused-ring (bicyclic) bond motifs is 1. The Bertz CT molecular complexity index is 1050. The minimum Gasteiger partial charge on any atom is -0.342 e. The van der Waals surface area contributed by atoms with Gasteiger partial charge in [0.1, 0.15) is 0 Å². The number of rotatable bonds is 5. The van der Waals surface area contributed by atoms with Crippen molar-refractivity contribution in [3.63, 3.8) is 0 Å². The van der Waals surface area contributed by atoms with Gasteiger partial charge in [-0.05, 0) is 37.8 Å². The van der Waals surface area contributed by atoms with Crippen LogP contribution in [0.1, 0.15) is 31.9 Å². The van der Waals surface area contributed by atoms with Crippen molar-refractivity contribution in [2.24, 2.45) is 0 Å². The number of piperidine rings is 1. The predicted octanol–water partition coefficient (Wildman–Crippen LogP) is 2.89. The molecule has 29 heavy (non-hydrogen) atoms. The minimum atomic E-state index is -0.225. The molecular formula is C20H24N6O2S. The van der Waals surface area contributed by atoms with Crippen LogP contribution >= 0.6 is 11.3 Å². The van der Waals surface area contributed by atoms with Gasteiger partial charge in [-0.1, -0.05) is 36.5 Å². The third kappa shape index (κ3) is 4.40. The van der Waals surface area contributed by atoms with Gasteiger partial charge in [0.25, 0.3) is 5.56 Å². The van der Waals surface area contributed by atoms with Gasteiger partial charge in [0.2, 0.25) is 10.1 Å². The summed E-state index contributed by atoms with van der Waals surface area (Å²) in [4.78, 5) is 31.9. The highest BCUT2D eigenvalue weighted by Gasteiger charge is 2.26. The molecule has 2 N–H and O–H groups in total. The number of anilines is 2. The zero-order valence-electron chi connectivity index (χ0n) is 16.3. The molecule has 1 atom stereocenters. The summed E-state index contributed by atoms with van der Waals surface area (Å²) in [5.74, 6) is 0. The number of aryl methyl sites for hydroxylation is 1. The fraction of sp³-hybridized carbons (Fsp3) is 0.400. The molecule has 0 spiro atoms. The zero-order chi connectivity index (χ0) is 20.2. The van der Waals surface area contributed by atoms with Crippen molar-refractivity contribution in [1.29, 1.82) is 0 Å². The van der Waals surface area contributed by atoms with Gasteiger partial charge >= 0.3 is 6.03 Å². The average molecular weight is 413 g/mol. The number of para-hydroxylation sites is 1. The largest absolute Gasteiger partial charge is 0.342 e. The van der Waals surface area contributed by atoms with Gasteiger partial charge in [0.15, 0.2) is 0 Å². The maximum atomic E-state index is 12.3. The van der Waals surface area contributed by atoms with Crippen molar-refractivity contribution in [3.05, 3.63) is 52.4 Å². The lowest BCUT2D eigenvalue weighted by Crippen LogP contribution is -2.47. The number of carbonyl (C=O) groups excluding carboxylic acids is 1. The van der Waals surface area contributed by atoms with Crippen LogP contribution in [0.25, 0.3) is 4.96 Å². The number of nitrogens with zero attached hydrogens (tertiary/aromatic N) is 4. The van der Waals surface area contributed by atoms with E-state index in [0.717, 1.165) is 42.3 Å². The van der Waals surface area contributed by atoms with Crippen molar-refractivity contribution in [2.75, 3.05) is 23.3 Å². The summed E-state index contributed by atoms with van der Waals surface area (Å²) >= 11 is 1.43. The third-order valence-electron chi connectivity index (χ3n) is 5.05. The van der Waals surface area contributed by atoms with Crippen LogP contribution in [0.4, 0.5) is 15.6 Å². The Morgan fingerprint density at radius 1 is 1.28 bits per heavy atom. The normalized spacial score (nSPS) is 16.7. The van der Waals surface area contributed by atoms with Crippen LogP contribution in [0, 0.1) is 0 Å². The summed E-state index contributed by atoms with van der Waals surface area (Å²) in [5, 5.41) is 11.1. The Balaban J connectivity index is 1.47. The molecule has 0 aliphatic carbocycles. The maximum absolute atomic E-state index is 12.3. The number of aromatic nitrogens is 3. The van der Waals surface area contributed by atoms with E-state index in [2.05, 4.69) is 25.6 Å². The molecule has 0 saturated carbocycles. The highest BCUT2D eigenvalue weighted by molar-refractivity contribution is 7.20. The SMILES string of the molecule is CCc1cc(=O)n2nc(N3CCCCC3CNC(=O)Nc3ccccc3)sc2n1. The van der Waals surface area contributed by atoms with Crippen molar-refractivity contribution >= 4 is 33.1 Å². The van der Waals surface area contributed by atoms with Gasteiger partial charge in [0, 0.05) is 36.6 Å². The molecule has 1 fully saturated rings. The molecule has 3 aromatic rings. The molecular weight excluding hydrogens is 388 g/mol. The van der Waals surface area contributed by atoms with E-state index in [0.29, 0.717) is 17.9 Å². The molecule has 0 radical (unpaired) electrons. The summed E-state index contributed by atoms with van der Waals surface area (Å²) in [6.45, 7) is 3.34. The number of benzene rings is 1. The fourth-order valence-corrected chi connectivity index (χ4v) is 4.54. The Morgan fingerprint density at radius 3 is 2.90 bits per heavy atom. The van der Waals surface area contributed by atoms with E-state index in [-0.39, 0.29) is 17.6 Å². The van der Waals surface area contributed by atoms with E-state index in [9.17, 15) is 9.59 Å². The van der Waals surface area contributed by atoms with Crippen LogP contribution in [0.15, 0.2) is 41.2 Å². The molecule has 0 bridgehead atoms. The van der Waals surface area contributed by atoms with Crippen molar-refractivity contribution in [3.8, 4) is 0 Å². The van der Waals surface area contributed by atoms with Crippen molar-refractivity contribution < 1.29 is 4.79 Å². The smallest absolute Gasteiger partial charge is 0.319 e. The van der Waals surface area contributed by atoms with Crippen molar-refractivity contribution in [2.45, 2.75) is 38.6 Å². The lowest BCUT2D eigenvalue weighted by atomic mass is 10.0. The zero-order valence-corrected chi connectivity index (χ0v) is 17.1. The molecule has 4 rings (SSSR count). The van der Waals surface area contributed by atoms with E-state index in [1.54, 1.807) is 6.07 Å². The molecule has 1 aliphatic heterocycles. The Labute approximate surface area is 172 Å². The van der Waals surface area contributed by atoms with Crippen LogP contribution in [0.3, 0.4) is 0 Å². The molecule has 152 valence electrons. The van der Waals surface area contributed by atoms with Gasteiger partial charge < -0.3 is 15.5 Å². The molecule has 1 aliphatic rings. The van der Waals surface area contributed by atoms with Crippen molar-refractivity contribution in [1.82, 2.24) is 19.9 Å². The van der Waals surface area contributed by atoms with E-state index in [4.69, 9.17) is 0 Å². The van der Waals surface area contributed by atoms with Gasteiger partial charge in [-0.2, -0.15) is 4.52 Å². The van der Waals surface area contributed by atoms with Crippen LogP contribution < -0.4 is 21.1 Å². The molecule has 3 heterocycles. The third-order valence-corrected chi connectivity index (χ3v) is 6.00. The van der Waals surface area contributed by atoms with Crippen LogP contribution in [-0.2, 0) is 6.42 Å². The van der Waals surface area contributed by atoms with Crippen LogP contribution in [0.5, 0.6) is 0 Å².